The number of carbonyl (C=O) groups excluding carboxylic acids is 1. The van der Waals surface area contributed by atoms with Crippen molar-refractivity contribution in [3.05, 3.63) is 59.2 Å². The van der Waals surface area contributed by atoms with E-state index in [4.69, 9.17) is 4.74 Å². The molecule has 1 heterocycles. The summed E-state index contributed by atoms with van der Waals surface area (Å²) in [4.78, 5) is 15.1. The zero-order chi connectivity index (χ0) is 21.0. The number of ether oxygens (including phenoxy) is 1. The van der Waals surface area contributed by atoms with E-state index >= 15 is 0 Å². The van der Waals surface area contributed by atoms with E-state index in [1.807, 2.05) is 32.9 Å². The van der Waals surface area contributed by atoms with E-state index in [1.54, 1.807) is 6.92 Å². The summed E-state index contributed by atoms with van der Waals surface area (Å²) in [6.45, 7) is 12.4. The predicted octanol–water partition coefficient (Wildman–Crippen LogP) is 5.18. The molecule has 4 heteroatoms. The summed E-state index contributed by atoms with van der Waals surface area (Å²) in [5, 5.41) is 3.07. The summed E-state index contributed by atoms with van der Waals surface area (Å²) in [6, 6.07) is 14.5. The Kier molecular flexibility index (Phi) is 6.83. The second-order valence-electron chi connectivity index (χ2n) is 8.60. The van der Waals surface area contributed by atoms with Crippen molar-refractivity contribution in [1.29, 1.82) is 0 Å². The molecule has 0 aromatic heterocycles. The molecule has 1 aliphatic heterocycles. The van der Waals surface area contributed by atoms with Crippen molar-refractivity contribution < 1.29 is 9.53 Å². The molecule has 29 heavy (non-hydrogen) atoms. The van der Waals surface area contributed by atoms with Gasteiger partial charge in [0.05, 0.1) is 6.04 Å². The maximum atomic E-state index is 12.6. The first-order valence-electron chi connectivity index (χ1n) is 10.7. The quantitative estimate of drug-likeness (QED) is 0.733. The van der Waals surface area contributed by atoms with E-state index in [-0.39, 0.29) is 11.9 Å². The average molecular weight is 395 g/mol. The lowest BCUT2D eigenvalue weighted by atomic mass is 9.99. The zero-order valence-corrected chi connectivity index (χ0v) is 18.4. The summed E-state index contributed by atoms with van der Waals surface area (Å²) in [5.41, 5.74) is 4.63. The number of carbonyl (C=O) groups is 1. The SMILES string of the molecule is Cc1cc(C)cc(OC(C)C(=O)NC(C)c2ccc(N3CCCC(C)C3)cc2)c1. The van der Waals surface area contributed by atoms with Crippen molar-refractivity contribution in [2.75, 3.05) is 18.0 Å². The van der Waals surface area contributed by atoms with E-state index in [0.717, 1.165) is 41.4 Å². The Bertz CT molecular complexity index is 811. The molecule has 1 N–H and O–H groups in total. The van der Waals surface area contributed by atoms with Crippen molar-refractivity contribution in [1.82, 2.24) is 5.32 Å². The Balaban J connectivity index is 1.57. The number of aryl methyl sites for hydroxylation is 2. The number of anilines is 1. The molecule has 0 saturated carbocycles. The molecule has 3 unspecified atom stereocenters. The van der Waals surface area contributed by atoms with Crippen LogP contribution in [0, 0.1) is 19.8 Å². The van der Waals surface area contributed by atoms with Crippen LogP contribution in [0.4, 0.5) is 5.69 Å². The Labute approximate surface area is 175 Å². The molecular weight excluding hydrogens is 360 g/mol. The third kappa shape index (κ3) is 5.75. The second kappa shape index (κ2) is 9.34. The van der Waals surface area contributed by atoms with Gasteiger partial charge in [0.25, 0.3) is 5.91 Å². The van der Waals surface area contributed by atoms with Gasteiger partial charge in [0.15, 0.2) is 6.10 Å². The average Bonchev–Trinajstić information content (AvgIpc) is 2.67. The fraction of sp³-hybridized carbons (Fsp3) is 0.480. The van der Waals surface area contributed by atoms with E-state index < -0.39 is 6.10 Å². The topological polar surface area (TPSA) is 41.6 Å². The molecule has 1 saturated heterocycles. The van der Waals surface area contributed by atoms with Crippen LogP contribution in [0.2, 0.25) is 0 Å². The van der Waals surface area contributed by atoms with Crippen molar-refractivity contribution in [3.8, 4) is 5.75 Å². The zero-order valence-electron chi connectivity index (χ0n) is 18.4. The smallest absolute Gasteiger partial charge is 0.261 e. The van der Waals surface area contributed by atoms with Gasteiger partial charge in [0, 0.05) is 18.8 Å². The predicted molar refractivity (Wildman–Crippen MR) is 120 cm³/mol. The number of hydrogen-bond donors (Lipinski definition) is 1. The molecule has 1 fully saturated rings. The number of hydrogen-bond acceptors (Lipinski definition) is 3. The summed E-state index contributed by atoms with van der Waals surface area (Å²) in [5.74, 6) is 1.38. The number of nitrogens with one attached hydrogen (secondary N) is 1. The van der Waals surface area contributed by atoms with Gasteiger partial charge < -0.3 is 15.0 Å². The highest BCUT2D eigenvalue weighted by molar-refractivity contribution is 5.81. The number of rotatable bonds is 6. The minimum atomic E-state index is -0.548. The van der Waals surface area contributed by atoms with Gasteiger partial charge in [-0.1, -0.05) is 25.1 Å². The first kappa shape index (κ1) is 21.2. The maximum absolute atomic E-state index is 12.6. The maximum Gasteiger partial charge on any atom is 0.261 e. The monoisotopic (exact) mass is 394 g/mol. The Hall–Kier alpha value is -2.49. The highest BCUT2D eigenvalue weighted by Gasteiger charge is 2.19. The van der Waals surface area contributed by atoms with E-state index in [9.17, 15) is 4.79 Å². The Morgan fingerprint density at radius 2 is 1.76 bits per heavy atom. The van der Waals surface area contributed by atoms with E-state index in [1.165, 1.54) is 18.5 Å². The van der Waals surface area contributed by atoms with Gasteiger partial charge in [-0.25, -0.2) is 0 Å². The lowest BCUT2D eigenvalue weighted by molar-refractivity contribution is -0.127. The standard InChI is InChI=1S/C25H34N2O2/c1-17-7-6-12-27(16-17)23-10-8-22(9-11-23)20(4)26-25(28)21(5)29-24-14-18(2)13-19(3)15-24/h8-11,13-15,17,20-21H,6-7,12,16H2,1-5H3,(H,26,28). The van der Waals surface area contributed by atoms with Gasteiger partial charge in [-0.15, -0.1) is 0 Å². The number of benzene rings is 2. The van der Waals surface area contributed by atoms with Crippen LogP contribution >= 0.6 is 0 Å². The largest absolute Gasteiger partial charge is 0.481 e. The molecule has 2 aromatic rings. The van der Waals surface area contributed by atoms with Gasteiger partial charge in [0.2, 0.25) is 0 Å². The van der Waals surface area contributed by atoms with Crippen LogP contribution in [-0.2, 0) is 4.79 Å². The first-order valence-corrected chi connectivity index (χ1v) is 10.7. The first-order chi connectivity index (χ1) is 13.8. The number of piperidine rings is 1. The lowest BCUT2D eigenvalue weighted by Gasteiger charge is -2.33. The molecule has 0 bridgehead atoms. The molecule has 2 aromatic carbocycles. The van der Waals surface area contributed by atoms with Gasteiger partial charge in [-0.2, -0.15) is 0 Å². The summed E-state index contributed by atoms with van der Waals surface area (Å²) in [6.07, 6.45) is 2.03. The minimum Gasteiger partial charge on any atom is -0.481 e. The molecule has 0 aliphatic carbocycles. The van der Waals surface area contributed by atoms with Crippen molar-refractivity contribution in [2.24, 2.45) is 5.92 Å². The van der Waals surface area contributed by atoms with Crippen LogP contribution in [0.3, 0.4) is 0 Å². The van der Waals surface area contributed by atoms with Crippen LogP contribution < -0.4 is 15.0 Å². The third-order valence-electron chi connectivity index (χ3n) is 5.65. The fourth-order valence-corrected chi connectivity index (χ4v) is 4.07. The fourth-order valence-electron chi connectivity index (χ4n) is 4.07. The Morgan fingerprint density at radius 3 is 2.38 bits per heavy atom. The number of nitrogens with zero attached hydrogens (tertiary/aromatic N) is 1. The molecule has 1 amide bonds. The summed E-state index contributed by atoms with van der Waals surface area (Å²) in [7, 11) is 0. The molecule has 0 radical (unpaired) electrons. The van der Waals surface area contributed by atoms with Gasteiger partial charge in [-0.05, 0) is 87.4 Å². The highest BCUT2D eigenvalue weighted by Crippen LogP contribution is 2.25. The van der Waals surface area contributed by atoms with Crippen LogP contribution in [0.15, 0.2) is 42.5 Å². The third-order valence-corrected chi connectivity index (χ3v) is 5.65. The lowest BCUT2D eigenvalue weighted by Crippen LogP contribution is -2.37. The van der Waals surface area contributed by atoms with Gasteiger partial charge in [-0.3, -0.25) is 4.79 Å². The minimum absolute atomic E-state index is 0.0675. The van der Waals surface area contributed by atoms with E-state index in [2.05, 4.69) is 47.5 Å². The van der Waals surface area contributed by atoms with Crippen molar-refractivity contribution in [3.63, 3.8) is 0 Å². The van der Waals surface area contributed by atoms with Crippen molar-refractivity contribution in [2.45, 2.75) is 59.6 Å². The second-order valence-corrected chi connectivity index (χ2v) is 8.60. The highest BCUT2D eigenvalue weighted by atomic mass is 16.5. The Morgan fingerprint density at radius 1 is 1.10 bits per heavy atom. The van der Waals surface area contributed by atoms with Gasteiger partial charge in [0.1, 0.15) is 5.75 Å². The van der Waals surface area contributed by atoms with Crippen LogP contribution in [0.5, 0.6) is 5.75 Å². The number of amides is 1. The molecule has 1 aliphatic rings. The van der Waals surface area contributed by atoms with Gasteiger partial charge >= 0.3 is 0 Å². The molecule has 4 nitrogen and oxygen atoms in total. The van der Waals surface area contributed by atoms with Crippen molar-refractivity contribution >= 4 is 11.6 Å². The molecule has 3 atom stereocenters. The van der Waals surface area contributed by atoms with Crippen LogP contribution in [-0.4, -0.2) is 25.1 Å². The van der Waals surface area contributed by atoms with E-state index in [0.29, 0.717) is 0 Å². The summed E-state index contributed by atoms with van der Waals surface area (Å²) < 4.78 is 5.86. The summed E-state index contributed by atoms with van der Waals surface area (Å²) >= 11 is 0. The molecule has 0 spiro atoms. The van der Waals surface area contributed by atoms with Crippen LogP contribution in [0.1, 0.15) is 56.3 Å². The molecular formula is C25H34N2O2. The molecule has 3 rings (SSSR count). The van der Waals surface area contributed by atoms with Crippen LogP contribution in [0.25, 0.3) is 0 Å². The normalized spacial score (nSPS) is 18.8. The molecule has 156 valence electrons.